The molecular weight excluding hydrogens is 318 g/mol. The van der Waals surface area contributed by atoms with E-state index >= 15 is 0 Å². The van der Waals surface area contributed by atoms with E-state index in [4.69, 9.17) is 0 Å². The first-order valence-corrected chi connectivity index (χ1v) is 9.72. The lowest BCUT2D eigenvalue weighted by molar-refractivity contribution is -0.0959. The molecule has 0 spiro atoms. The van der Waals surface area contributed by atoms with E-state index in [9.17, 15) is 5.11 Å². The zero-order valence-corrected chi connectivity index (χ0v) is 14.8. The molecule has 0 amide bonds. The minimum Gasteiger partial charge on any atom is -0.383 e. The Morgan fingerprint density at radius 3 is 2.67 bits per heavy atom. The number of likely N-dealkylation sites (tertiary alicyclic amines) is 2. The van der Waals surface area contributed by atoms with Crippen LogP contribution >= 0.6 is 11.5 Å². The predicted molar refractivity (Wildman–Crippen MR) is 96.9 cm³/mol. The molecule has 2 saturated heterocycles. The fourth-order valence-electron chi connectivity index (χ4n) is 4.22. The minimum absolute atomic E-state index is 0.169. The third-order valence-corrected chi connectivity index (χ3v) is 6.17. The van der Waals surface area contributed by atoms with Gasteiger partial charge in [0.2, 0.25) is 0 Å². The number of piperidine rings is 1. The first-order chi connectivity index (χ1) is 11.8. The van der Waals surface area contributed by atoms with Gasteiger partial charge in [-0.25, -0.2) is 4.37 Å². The highest BCUT2D eigenvalue weighted by Gasteiger charge is 2.46. The summed E-state index contributed by atoms with van der Waals surface area (Å²) in [6.45, 7) is 4.99. The summed E-state index contributed by atoms with van der Waals surface area (Å²) in [7, 11) is 0. The number of nitrogens with zero attached hydrogens (tertiary/aromatic N) is 3. The van der Waals surface area contributed by atoms with Crippen molar-refractivity contribution < 1.29 is 5.11 Å². The van der Waals surface area contributed by atoms with Gasteiger partial charge in [0.25, 0.3) is 0 Å². The summed E-state index contributed by atoms with van der Waals surface area (Å²) in [4.78, 5) is 4.98. The molecule has 1 aromatic heterocycles. The predicted octanol–water partition coefficient (Wildman–Crippen LogP) is 2.70. The van der Waals surface area contributed by atoms with Crippen LogP contribution in [0.2, 0.25) is 0 Å². The summed E-state index contributed by atoms with van der Waals surface area (Å²) in [6.07, 6.45) is 5.24. The monoisotopic (exact) mass is 343 g/mol. The van der Waals surface area contributed by atoms with Crippen LogP contribution in [0.5, 0.6) is 0 Å². The van der Waals surface area contributed by atoms with Crippen LogP contribution in [0.1, 0.15) is 30.4 Å². The van der Waals surface area contributed by atoms with E-state index in [0.29, 0.717) is 0 Å². The smallest absolute Gasteiger partial charge is 0.108 e. The van der Waals surface area contributed by atoms with Gasteiger partial charge in [-0.3, -0.25) is 9.80 Å². The van der Waals surface area contributed by atoms with Gasteiger partial charge in [-0.05, 0) is 55.0 Å². The van der Waals surface area contributed by atoms with E-state index in [1.165, 1.54) is 29.9 Å². The number of aliphatic hydroxyl groups is 1. The molecule has 5 heteroatoms. The summed E-state index contributed by atoms with van der Waals surface area (Å²) in [5, 5.41) is 13.8. The van der Waals surface area contributed by atoms with Crippen LogP contribution in [0, 0.1) is 0 Å². The second kappa shape index (κ2) is 6.92. The number of hydrogen-bond acceptors (Lipinski definition) is 5. The molecule has 2 aliphatic rings. The first-order valence-electron chi connectivity index (χ1n) is 8.88. The highest BCUT2D eigenvalue weighted by Crippen LogP contribution is 2.37. The van der Waals surface area contributed by atoms with E-state index in [2.05, 4.69) is 31.7 Å². The minimum atomic E-state index is -0.741. The maximum absolute atomic E-state index is 11.6. The van der Waals surface area contributed by atoms with Crippen molar-refractivity contribution in [2.24, 2.45) is 0 Å². The van der Waals surface area contributed by atoms with Gasteiger partial charge in [-0.2, -0.15) is 0 Å². The molecule has 0 aliphatic carbocycles. The molecule has 0 unspecified atom stereocenters. The van der Waals surface area contributed by atoms with Gasteiger partial charge < -0.3 is 5.11 Å². The highest BCUT2D eigenvalue weighted by molar-refractivity contribution is 7.03. The summed E-state index contributed by atoms with van der Waals surface area (Å²) in [5.41, 5.74) is 1.61. The van der Waals surface area contributed by atoms with Gasteiger partial charge >= 0.3 is 0 Å². The fourth-order valence-corrected chi connectivity index (χ4v) is 4.75. The molecule has 1 aromatic carbocycles. The highest BCUT2D eigenvalue weighted by atomic mass is 32.1. The average molecular weight is 343 g/mol. The molecule has 0 saturated carbocycles. The van der Waals surface area contributed by atoms with Crippen molar-refractivity contribution in [3.8, 4) is 0 Å². The lowest BCUT2D eigenvalue weighted by Gasteiger charge is -2.48. The van der Waals surface area contributed by atoms with E-state index in [0.717, 1.165) is 44.7 Å². The topological polar surface area (TPSA) is 39.6 Å². The molecular formula is C19H25N3OS. The molecule has 128 valence electrons. The van der Waals surface area contributed by atoms with Crippen LogP contribution in [0.3, 0.4) is 0 Å². The average Bonchev–Trinajstić information content (AvgIpc) is 3.31. The Balaban J connectivity index is 1.58. The van der Waals surface area contributed by atoms with Crippen molar-refractivity contribution in [1.82, 2.24) is 14.2 Å². The number of aromatic nitrogens is 1. The number of rotatable bonds is 4. The zero-order valence-electron chi connectivity index (χ0n) is 14.0. The normalized spacial score (nSPS) is 29.1. The molecule has 0 bridgehead atoms. The first kappa shape index (κ1) is 16.2. The van der Waals surface area contributed by atoms with E-state index in [1.807, 2.05) is 24.4 Å². The Bertz CT molecular complexity index is 642. The summed E-state index contributed by atoms with van der Waals surface area (Å²) < 4.78 is 4.22. The molecule has 4 rings (SSSR count). The molecule has 1 N–H and O–H groups in total. The van der Waals surface area contributed by atoms with Crippen LogP contribution in [0.15, 0.2) is 41.9 Å². The second-order valence-corrected chi connectivity index (χ2v) is 7.72. The van der Waals surface area contributed by atoms with Gasteiger partial charge in [0.05, 0.1) is 6.04 Å². The van der Waals surface area contributed by atoms with Crippen molar-refractivity contribution in [2.75, 3.05) is 26.2 Å². The number of benzene rings is 1. The van der Waals surface area contributed by atoms with Gasteiger partial charge in [0, 0.05) is 31.2 Å². The molecule has 24 heavy (non-hydrogen) atoms. The molecule has 2 atom stereocenters. The molecule has 2 aliphatic heterocycles. The Morgan fingerprint density at radius 1 is 1.17 bits per heavy atom. The Kier molecular flexibility index (Phi) is 4.68. The van der Waals surface area contributed by atoms with Crippen molar-refractivity contribution in [3.63, 3.8) is 0 Å². The van der Waals surface area contributed by atoms with Gasteiger partial charge in [-0.1, -0.05) is 30.3 Å². The summed E-state index contributed by atoms with van der Waals surface area (Å²) in [5.74, 6) is 0. The van der Waals surface area contributed by atoms with Crippen molar-refractivity contribution in [3.05, 3.63) is 53.0 Å². The van der Waals surface area contributed by atoms with Crippen LogP contribution in [0.25, 0.3) is 0 Å². The second-order valence-electron chi connectivity index (χ2n) is 7.07. The Hall–Kier alpha value is -1.27. The largest absolute Gasteiger partial charge is 0.383 e. The molecule has 0 radical (unpaired) electrons. The summed E-state index contributed by atoms with van der Waals surface area (Å²) >= 11 is 1.51. The Morgan fingerprint density at radius 2 is 1.96 bits per heavy atom. The fraction of sp³-hybridized carbons (Fsp3) is 0.526. The third-order valence-electron chi connectivity index (χ3n) is 5.54. The lowest BCUT2D eigenvalue weighted by atomic mass is 9.79. The summed E-state index contributed by atoms with van der Waals surface area (Å²) in [6, 6.07) is 10.4. The third kappa shape index (κ3) is 3.14. The lowest BCUT2D eigenvalue weighted by Crippen LogP contribution is -2.60. The van der Waals surface area contributed by atoms with Crippen LogP contribution in [-0.2, 0) is 12.1 Å². The van der Waals surface area contributed by atoms with E-state index in [-0.39, 0.29) is 6.04 Å². The molecule has 2 fully saturated rings. The molecule has 4 nitrogen and oxygen atoms in total. The quantitative estimate of drug-likeness (QED) is 0.926. The standard InChI is InChI=1S/C19H25N3OS/c23-19(17-6-2-1-3-7-17)8-11-21(13-16-12-20-24-15-16)14-18(19)22-9-4-5-10-22/h1-3,6-7,12,15,18,23H,4-5,8-11,13-14H2/t18-,19+/m1/s1. The molecule has 2 aromatic rings. The maximum Gasteiger partial charge on any atom is 0.108 e. The Labute approximate surface area is 147 Å². The van der Waals surface area contributed by atoms with Crippen LogP contribution in [0.4, 0.5) is 0 Å². The SMILES string of the molecule is O[C@]1(c2ccccc2)CCN(Cc2cnsc2)C[C@H]1N1CCCC1. The van der Waals surface area contributed by atoms with Crippen molar-refractivity contribution in [2.45, 2.75) is 37.5 Å². The van der Waals surface area contributed by atoms with Gasteiger partial charge in [0.1, 0.15) is 5.60 Å². The van der Waals surface area contributed by atoms with Crippen LogP contribution in [-0.4, -0.2) is 51.5 Å². The van der Waals surface area contributed by atoms with E-state index in [1.54, 1.807) is 0 Å². The van der Waals surface area contributed by atoms with Gasteiger partial charge in [0.15, 0.2) is 0 Å². The van der Waals surface area contributed by atoms with E-state index < -0.39 is 5.60 Å². The van der Waals surface area contributed by atoms with Crippen LogP contribution < -0.4 is 0 Å². The van der Waals surface area contributed by atoms with Gasteiger partial charge in [-0.15, -0.1) is 0 Å². The van der Waals surface area contributed by atoms with Crippen molar-refractivity contribution >= 4 is 11.5 Å². The zero-order chi connectivity index (χ0) is 16.4. The maximum atomic E-state index is 11.6. The van der Waals surface area contributed by atoms with Crippen molar-refractivity contribution in [1.29, 1.82) is 0 Å². The number of hydrogen-bond donors (Lipinski definition) is 1. The molecule has 3 heterocycles.